The Kier molecular flexibility index (Phi) is 4.11. The number of rotatable bonds is 1. The number of benzene rings is 1. The summed E-state index contributed by atoms with van der Waals surface area (Å²) in [7, 11) is -3.26. The summed E-state index contributed by atoms with van der Waals surface area (Å²) < 4.78 is 61.8. The highest BCUT2D eigenvalue weighted by atomic mass is 32.2. The second-order valence-corrected chi connectivity index (χ2v) is 7.42. The second kappa shape index (κ2) is 5.37. The summed E-state index contributed by atoms with van der Waals surface area (Å²) in [5.41, 5.74) is -0.399. The first-order chi connectivity index (χ1) is 9.17. The molecule has 2 unspecified atom stereocenters. The van der Waals surface area contributed by atoms with Crippen LogP contribution >= 0.6 is 0 Å². The molecule has 1 aromatic carbocycles. The van der Waals surface area contributed by atoms with E-state index in [1.165, 1.54) is 12.1 Å². The van der Waals surface area contributed by atoms with E-state index in [2.05, 4.69) is 5.32 Å². The number of sulfone groups is 1. The van der Waals surface area contributed by atoms with Gasteiger partial charge in [-0.15, -0.1) is 0 Å². The summed E-state index contributed by atoms with van der Waals surface area (Å²) >= 11 is 0. The summed E-state index contributed by atoms with van der Waals surface area (Å²) in [6, 6.07) is 4.24. The van der Waals surface area contributed by atoms with Crippen molar-refractivity contribution in [2.24, 2.45) is 5.92 Å². The standard InChI is InChI=1S/C13H16F3NO2S/c1-9-6-17-12(8-20(18,19)7-9)10-3-2-4-11(5-10)13(14,15)16/h2-5,9,12,17H,6-8H2,1H3. The van der Waals surface area contributed by atoms with Crippen LogP contribution in [-0.2, 0) is 16.0 Å². The molecule has 0 radical (unpaired) electrons. The van der Waals surface area contributed by atoms with Gasteiger partial charge in [-0.3, -0.25) is 0 Å². The van der Waals surface area contributed by atoms with Crippen LogP contribution in [0.4, 0.5) is 13.2 Å². The van der Waals surface area contributed by atoms with Crippen molar-refractivity contribution in [2.45, 2.75) is 19.1 Å². The maximum atomic E-state index is 12.7. The van der Waals surface area contributed by atoms with E-state index in [1.807, 2.05) is 0 Å². The van der Waals surface area contributed by atoms with Crippen LogP contribution < -0.4 is 5.32 Å². The lowest BCUT2D eigenvalue weighted by Gasteiger charge is -2.17. The Morgan fingerprint density at radius 2 is 1.95 bits per heavy atom. The fraction of sp³-hybridized carbons (Fsp3) is 0.538. The molecule has 1 heterocycles. The van der Waals surface area contributed by atoms with Gasteiger partial charge in [-0.2, -0.15) is 13.2 Å². The van der Waals surface area contributed by atoms with Crippen molar-refractivity contribution in [2.75, 3.05) is 18.1 Å². The molecule has 20 heavy (non-hydrogen) atoms. The summed E-state index contributed by atoms with van der Waals surface area (Å²) in [4.78, 5) is 0. The van der Waals surface area contributed by atoms with Crippen molar-refractivity contribution in [3.05, 3.63) is 35.4 Å². The lowest BCUT2D eigenvalue weighted by atomic mass is 10.0. The largest absolute Gasteiger partial charge is 0.416 e. The molecule has 0 spiro atoms. The molecule has 1 aliphatic rings. The van der Waals surface area contributed by atoms with E-state index in [-0.39, 0.29) is 17.4 Å². The molecule has 0 aliphatic carbocycles. The van der Waals surface area contributed by atoms with Crippen LogP contribution in [0.25, 0.3) is 0 Å². The lowest BCUT2D eigenvalue weighted by Crippen LogP contribution is -2.26. The predicted octanol–water partition coefficient (Wildman–Crippen LogP) is 2.40. The minimum atomic E-state index is -4.42. The van der Waals surface area contributed by atoms with E-state index in [1.54, 1.807) is 6.92 Å². The predicted molar refractivity (Wildman–Crippen MR) is 70.0 cm³/mol. The zero-order valence-electron chi connectivity index (χ0n) is 10.9. The van der Waals surface area contributed by atoms with Gasteiger partial charge < -0.3 is 5.32 Å². The Hall–Kier alpha value is -1.08. The maximum absolute atomic E-state index is 12.7. The van der Waals surface area contributed by atoms with Gasteiger partial charge in [0.25, 0.3) is 0 Å². The molecule has 3 nitrogen and oxygen atoms in total. The van der Waals surface area contributed by atoms with Gasteiger partial charge in [0.15, 0.2) is 9.84 Å². The average Bonchev–Trinajstić information content (AvgIpc) is 2.46. The summed E-state index contributed by atoms with van der Waals surface area (Å²) in [5, 5.41) is 3.04. The molecule has 0 amide bonds. The van der Waals surface area contributed by atoms with Gasteiger partial charge in [0.1, 0.15) is 0 Å². The van der Waals surface area contributed by atoms with E-state index in [4.69, 9.17) is 0 Å². The highest BCUT2D eigenvalue weighted by molar-refractivity contribution is 7.91. The fourth-order valence-corrected chi connectivity index (χ4v) is 4.30. The Bertz CT molecular complexity index is 584. The van der Waals surface area contributed by atoms with E-state index in [0.29, 0.717) is 12.1 Å². The lowest BCUT2D eigenvalue weighted by molar-refractivity contribution is -0.137. The van der Waals surface area contributed by atoms with Gasteiger partial charge >= 0.3 is 6.18 Å². The first-order valence-electron chi connectivity index (χ1n) is 6.28. The Morgan fingerprint density at radius 1 is 1.25 bits per heavy atom. The minimum absolute atomic E-state index is 0.0456. The molecule has 1 saturated heterocycles. The van der Waals surface area contributed by atoms with Crippen molar-refractivity contribution >= 4 is 9.84 Å². The second-order valence-electron chi connectivity index (χ2n) is 5.27. The van der Waals surface area contributed by atoms with Gasteiger partial charge in [-0.25, -0.2) is 8.42 Å². The number of halogens is 3. The summed E-state index contributed by atoms with van der Waals surface area (Å²) in [6.07, 6.45) is -4.42. The van der Waals surface area contributed by atoms with E-state index in [0.717, 1.165) is 12.1 Å². The Labute approximate surface area is 116 Å². The number of nitrogens with one attached hydrogen (secondary N) is 1. The zero-order valence-corrected chi connectivity index (χ0v) is 11.8. The van der Waals surface area contributed by atoms with E-state index >= 15 is 0 Å². The van der Waals surface area contributed by atoms with Crippen LogP contribution in [-0.4, -0.2) is 26.5 Å². The van der Waals surface area contributed by atoms with Crippen LogP contribution in [0.5, 0.6) is 0 Å². The third-order valence-corrected chi connectivity index (χ3v) is 5.21. The van der Waals surface area contributed by atoms with E-state index in [9.17, 15) is 21.6 Å². The highest BCUT2D eigenvalue weighted by Crippen LogP contribution is 2.31. The number of alkyl halides is 3. The van der Waals surface area contributed by atoms with Gasteiger partial charge in [-0.1, -0.05) is 19.1 Å². The number of hydrogen-bond donors (Lipinski definition) is 1. The smallest absolute Gasteiger partial charge is 0.309 e. The summed E-state index contributed by atoms with van der Waals surface area (Å²) in [6.45, 7) is 2.28. The molecule has 0 aromatic heterocycles. The van der Waals surface area contributed by atoms with E-state index < -0.39 is 27.6 Å². The zero-order chi connectivity index (χ0) is 15.0. The molecule has 0 saturated carbocycles. The molecule has 1 aromatic rings. The van der Waals surface area contributed by atoms with Crippen LogP contribution in [0.15, 0.2) is 24.3 Å². The SMILES string of the molecule is CC1CNC(c2cccc(C(F)(F)F)c2)CS(=O)(=O)C1. The third kappa shape index (κ3) is 3.73. The molecular weight excluding hydrogens is 291 g/mol. The topological polar surface area (TPSA) is 46.2 Å². The average molecular weight is 307 g/mol. The third-order valence-electron chi connectivity index (χ3n) is 3.29. The Balaban J connectivity index is 2.31. The molecule has 1 aliphatic heterocycles. The molecule has 7 heteroatoms. The maximum Gasteiger partial charge on any atom is 0.416 e. The monoisotopic (exact) mass is 307 g/mol. The molecule has 1 fully saturated rings. The van der Waals surface area contributed by atoms with Gasteiger partial charge in [-0.05, 0) is 30.2 Å². The molecule has 112 valence electrons. The van der Waals surface area contributed by atoms with Crippen molar-refractivity contribution < 1.29 is 21.6 Å². The van der Waals surface area contributed by atoms with Gasteiger partial charge in [0.2, 0.25) is 0 Å². The molecule has 1 N–H and O–H groups in total. The molecule has 2 atom stereocenters. The van der Waals surface area contributed by atoms with Crippen molar-refractivity contribution in [3.63, 3.8) is 0 Å². The van der Waals surface area contributed by atoms with Crippen molar-refractivity contribution in [1.82, 2.24) is 5.32 Å². The fourth-order valence-electron chi connectivity index (χ4n) is 2.36. The molecule has 0 bridgehead atoms. The normalized spacial score (nSPS) is 27.0. The van der Waals surface area contributed by atoms with Crippen LogP contribution in [0.3, 0.4) is 0 Å². The van der Waals surface area contributed by atoms with Gasteiger partial charge in [0.05, 0.1) is 17.1 Å². The molecule has 2 rings (SSSR count). The highest BCUT2D eigenvalue weighted by Gasteiger charge is 2.32. The number of hydrogen-bond acceptors (Lipinski definition) is 3. The quantitative estimate of drug-likeness (QED) is 0.866. The Morgan fingerprint density at radius 3 is 2.60 bits per heavy atom. The first-order valence-corrected chi connectivity index (χ1v) is 8.10. The first kappa shape index (κ1) is 15.3. The van der Waals surface area contributed by atoms with Crippen molar-refractivity contribution in [1.29, 1.82) is 0 Å². The van der Waals surface area contributed by atoms with Crippen molar-refractivity contribution in [3.8, 4) is 0 Å². The van der Waals surface area contributed by atoms with Crippen LogP contribution in [0.2, 0.25) is 0 Å². The van der Waals surface area contributed by atoms with Gasteiger partial charge in [0, 0.05) is 6.04 Å². The molecular formula is C13H16F3NO2S. The van der Waals surface area contributed by atoms with Crippen LogP contribution in [0, 0.1) is 5.92 Å². The minimum Gasteiger partial charge on any atom is -0.309 e. The summed E-state index contributed by atoms with van der Waals surface area (Å²) in [5.74, 6) is -0.149. The van der Waals surface area contributed by atoms with Crippen LogP contribution in [0.1, 0.15) is 24.1 Å².